The number of benzene rings is 1. The number of carbonyl (C=O) groups excluding carboxylic acids is 1. The van der Waals surface area contributed by atoms with E-state index in [9.17, 15) is 13.2 Å². The van der Waals surface area contributed by atoms with Gasteiger partial charge >= 0.3 is 0 Å². The van der Waals surface area contributed by atoms with Gasteiger partial charge in [-0.05, 0) is 31.9 Å². The lowest BCUT2D eigenvalue weighted by atomic mass is 9.97. The Labute approximate surface area is 164 Å². The molecule has 0 aliphatic carbocycles. The van der Waals surface area contributed by atoms with E-state index in [2.05, 4.69) is 5.32 Å². The molecule has 0 spiro atoms. The fraction of sp³-hybridized carbons (Fsp3) is 0.588. The molecule has 0 saturated carbocycles. The van der Waals surface area contributed by atoms with Gasteiger partial charge in [-0.2, -0.15) is 0 Å². The predicted octanol–water partition coefficient (Wildman–Crippen LogP) is 2.69. The molecule has 2 rings (SSSR count). The number of hydrogen-bond acceptors (Lipinski definition) is 4. The van der Waals surface area contributed by atoms with Crippen molar-refractivity contribution in [2.75, 3.05) is 26.8 Å². The molecule has 1 aliphatic heterocycles. The number of amides is 1. The third kappa shape index (κ3) is 5.57. The maximum absolute atomic E-state index is 12.7. The lowest BCUT2D eigenvalue weighted by Crippen LogP contribution is -2.45. The molecule has 26 heavy (non-hydrogen) atoms. The maximum Gasteiger partial charge on any atom is 0.223 e. The molecule has 6 nitrogen and oxygen atoms in total. The highest BCUT2D eigenvalue weighted by Crippen LogP contribution is 2.28. The van der Waals surface area contributed by atoms with Crippen LogP contribution in [0, 0.1) is 5.92 Å². The topological polar surface area (TPSA) is 75.7 Å². The third-order valence-corrected chi connectivity index (χ3v) is 6.93. The van der Waals surface area contributed by atoms with E-state index < -0.39 is 10.0 Å². The number of halogens is 2. The fourth-order valence-corrected chi connectivity index (χ4v) is 5.31. The summed E-state index contributed by atoms with van der Waals surface area (Å²) in [5, 5.41) is 3.56. The monoisotopic (exact) mass is 422 g/mol. The van der Waals surface area contributed by atoms with E-state index in [0.29, 0.717) is 48.1 Å². The first-order valence-corrected chi connectivity index (χ1v) is 10.8. The van der Waals surface area contributed by atoms with Crippen molar-refractivity contribution in [2.45, 2.75) is 31.6 Å². The van der Waals surface area contributed by atoms with Crippen LogP contribution in [0.3, 0.4) is 0 Å². The molecule has 1 aromatic carbocycles. The Morgan fingerprint density at radius 1 is 1.31 bits per heavy atom. The second-order valence-corrected chi connectivity index (χ2v) is 9.28. The Morgan fingerprint density at radius 2 is 1.88 bits per heavy atom. The molecule has 0 bridgehead atoms. The van der Waals surface area contributed by atoms with Crippen molar-refractivity contribution >= 4 is 39.1 Å². The summed E-state index contributed by atoms with van der Waals surface area (Å²) in [6.45, 7) is 2.92. The molecule has 1 unspecified atom stereocenters. The first kappa shape index (κ1) is 21.4. The van der Waals surface area contributed by atoms with Crippen LogP contribution in [0.1, 0.15) is 25.3 Å². The smallest absolute Gasteiger partial charge is 0.223 e. The Hall–Kier alpha value is -0.860. The highest BCUT2D eigenvalue weighted by Gasteiger charge is 2.32. The summed E-state index contributed by atoms with van der Waals surface area (Å²) >= 11 is 12.2. The minimum atomic E-state index is -3.55. The molecule has 1 amide bonds. The molecule has 1 saturated heterocycles. The van der Waals surface area contributed by atoms with E-state index in [1.165, 1.54) is 4.31 Å². The highest BCUT2D eigenvalue weighted by atomic mass is 35.5. The van der Waals surface area contributed by atoms with E-state index >= 15 is 0 Å². The zero-order valence-corrected chi connectivity index (χ0v) is 17.2. The minimum absolute atomic E-state index is 0.0549. The van der Waals surface area contributed by atoms with Crippen LogP contribution in [0.25, 0.3) is 0 Å². The van der Waals surface area contributed by atoms with Crippen molar-refractivity contribution in [3.05, 3.63) is 33.8 Å². The number of rotatable bonds is 7. The van der Waals surface area contributed by atoms with Gasteiger partial charge in [0.15, 0.2) is 0 Å². The van der Waals surface area contributed by atoms with E-state index in [-0.39, 0.29) is 23.6 Å². The number of carbonyl (C=O) groups is 1. The average molecular weight is 423 g/mol. The molecule has 1 heterocycles. The second kappa shape index (κ2) is 9.37. The average Bonchev–Trinajstić information content (AvgIpc) is 2.58. The van der Waals surface area contributed by atoms with Gasteiger partial charge in [0, 0.05) is 47.8 Å². The minimum Gasteiger partial charge on any atom is -0.383 e. The normalized spacial score (nSPS) is 17.8. The van der Waals surface area contributed by atoms with Crippen LogP contribution in [-0.2, 0) is 25.3 Å². The molecular formula is C17H24Cl2N2O4S. The standard InChI is InChI=1S/C17H24Cl2N2O4S/c1-12(10-25-2)20-17(22)13-6-8-21(9-7-13)26(23,24)11-14-15(18)4-3-5-16(14)19/h3-5,12-13H,6-11H2,1-2H3,(H,20,22). The molecule has 1 aliphatic rings. The van der Waals surface area contributed by atoms with Crippen LogP contribution in [0.2, 0.25) is 10.0 Å². The predicted molar refractivity (Wildman–Crippen MR) is 103 cm³/mol. The van der Waals surface area contributed by atoms with E-state index in [4.69, 9.17) is 27.9 Å². The van der Waals surface area contributed by atoms with Gasteiger partial charge in [0.2, 0.25) is 15.9 Å². The van der Waals surface area contributed by atoms with Crippen LogP contribution < -0.4 is 5.32 Å². The van der Waals surface area contributed by atoms with Crippen LogP contribution in [-0.4, -0.2) is 51.5 Å². The maximum atomic E-state index is 12.7. The number of hydrogen-bond donors (Lipinski definition) is 1. The van der Waals surface area contributed by atoms with Crippen molar-refractivity contribution < 1.29 is 17.9 Å². The van der Waals surface area contributed by atoms with Gasteiger partial charge in [-0.25, -0.2) is 12.7 Å². The number of ether oxygens (including phenoxy) is 1. The van der Waals surface area contributed by atoms with Crippen molar-refractivity contribution in [3.8, 4) is 0 Å². The summed E-state index contributed by atoms with van der Waals surface area (Å²) in [5.74, 6) is -0.488. The number of piperidine rings is 1. The van der Waals surface area contributed by atoms with Gasteiger partial charge in [-0.3, -0.25) is 4.79 Å². The summed E-state index contributed by atoms with van der Waals surface area (Å²) in [6, 6.07) is 4.85. The van der Waals surface area contributed by atoms with Crippen LogP contribution >= 0.6 is 23.2 Å². The van der Waals surface area contributed by atoms with Crippen molar-refractivity contribution in [3.63, 3.8) is 0 Å². The van der Waals surface area contributed by atoms with Gasteiger partial charge < -0.3 is 10.1 Å². The SMILES string of the molecule is COCC(C)NC(=O)C1CCN(S(=O)(=O)Cc2c(Cl)cccc2Cl)CC1. The second-order valence-electron chi connectivity index (χ2n) is 6.49. The lowest BCUT2D eigenvalue weighted by molar-refractivity contribution is -0.127. The van der Waals surface area contributed by atoms with Crippen molar-refractivity contribution in [1.29, 1.82) is 0 Å². The molecule has 0 aromatic heterocycles. The van der Waals surface area contributed by atoms with Crippen LogP contribution in [0.15, 0.2) is 18.2 Å². The van der Waals surface area contributed by atoms with Crippen molar-refractivity contribution in [1.82, 2.24) is 9.62 Å². The molecule has 1 aromatic rings. The van der Waals surface area contributed by atoms with E-state index in [1.807, 2.05) is 6.92 Å². The Bertz CT molecular complexity index is 714. The Kier molecular flexibility index (Phi) is 7.73. The quantitative estimate of drug-likeness (QED) is 0.732. The zero-order chi connectivity index (χ0) is 19.3. The Balaban J connectivity index is 1.95. The Morgan fingerprint density at radius 3 is 2.42 bits per heavy atom. The summed E-state index contributed by atoms with van der Waals surface area (Å²) in [6.07, 6.45) is 0.974. The molecule has 146 valence electrons. The molecule has 1 fully saturated rings. The first-order valence-electron chi connectivity index (χ1n) is 8.44. The first-order chi connectivity index (χ1) is 12.2. The van der Waals surface area contributed by atoms with Gasteiger partial charge in [0.1, 0.15) is 0 Å². The summed E-state index contributed by atoms with van der Waals surface area (Å²) in [4.78, 5) is 12.3. The van der Waals surface area contributed by atoms with Crippen LogP contribution in [0.5, 0.6) is 0 Å². The van der Waals surface area contributed by atoms with Crippen LogP contribution in [0.4, 0.5) is 0 Å². The van der Waals surface area contributed by atoms with Gasteiger partial charge in [0.05, 0.1) is 12.4 Å². The number of nitrogens with one attached hydrogen (secondary N) is 1. The summed E-state index contributed by atoms with van der Waals surface area (Å²) in [7, 11) is -1.97. The highest BCUT2D eigenvalue weighted by molar-refractivity contribution is 7.88. The fourth-order valence-electron chi connectivity index (χ4n) is 2.99. The molecule has 1 N–H and O–H groups in total. The number of sulfonamides is 1. The molecule has 0 radical (unpaired) electrons. The van der Waals surface area contributed by atoms with E-state index in [0.717, 1.165) is 0 Å². The third-order valence-electron chi connectivity index (χ3n) is 4.41. The summed E-state index contributed by atoms with van der Waals surface area (Å²) in [5.41, 5.74) is 0.407. The molecular weight excluding hydrogens is 399 g/mol. The van der Waals surface area contributed by atoms with Gasteiger partial charge in [0.25, 0.3) is 0 Å². The largest absolute Gasteiger partial charge is 0.383 e. The zero-order valence-electron chi connectivity index (χ0n) is 14.9. The number of methoxy groups -OCH3 is 1. The number of nitrogens with zero attached hydrogens (tertiary/aromatic N) is 1. The summed E-state index contributed by atoms with van der Waals surface area (Å²) < 4.78 is 31.8. The van der Waals surface area contributed by atoms with Crippen molar-refractivity contribution in [2.24, 2.45) is 5.92 Å². The molecule has 1 atom stereocenters. The van der Waals surface area contributed by atoms with Gasteiger partial charge in [-0.15, -0.1) is 0 Å². The van der Waals surface area contributed by atoms with Gasteiger partial charge in [-0.1, -0.05) is 29.3 Å². The lowest BCUT2D eigenvalue weighted by Gasteiger charge is -2.31. The molecule has 9 heteroatoms. The van der Waals surface area contributed by atoms with E-state index in [1.54, 1.807) is 25.3 Å².